The van der Waals surface area contributed by atoms with Crippen LogP contribution in [0, 0.1) is 0 Å². The minimum absolute atomic E-state index is 0.0351. The summed E-state index contributed by atoms with van der Waals surface area (Å²) in [7, 11) is 5.09. The Morgan fingerprint density at radius 1 is 1.00 bits per heavy atom. The zero-order chi connectivity index (χ0) is 15.7. The Labute approximate surface area is 129 Å². The van der Waals surface area contributed by atoms with Gasteiger partial charge in [0.25, 0.3) is 0 Å². The number of hydrogen-bond donors (Lipinski definition) is 0. The van der Waals surface area contributed by atoms with Gasteiger partial charge in [0, 0.05) is 12.6 Å². The summed E-state index contributed by atoms with van der Waals surface area (Å²) in [6.07, 6.45) is 1.87. The van der Waals surface area contributed by atoms with Crippen LogP contribution in [-0.4, -0.2) is 27.1 Å². The standard InChI is InChI=1S/C18H17NO3/c1-19-14-7-5-4-6-13(14)18(20)15(19)10-12-8-9-16(21-2)17(11-12)22-3/h4-11H,1-3H3/b15-10-. The van der Waals surface area contributed by atoms with Gasteiger partial charge in [-0.3, -0.25) is 4.79 Å². The summed E-state index contributed by atoms with van der Waals surface area (Å²) in [6, 6.07) is 13.2. The highest BCUT2D eigenvalue weighted by Crippen LogP contribution is 2.35. The van der Waals surface area contributed by atoms with E-state index in [2.05, 4.69) is 0 Å². The van der Waals surface area contributed by atoms with Gasteiger partial charge in [0.15, 0.2) is 11.5 Å². The summed E-state index contributed by atoms with van der Waals surface area (Å²) in [4.78, 5) is 14.4. The van der Waals surface area contributed by atoms with Gasteiger partial charge in [0.05, 0.1) is 25.6 Å². The van der Waals surface area contributed by atoms with Crippen LogP contribution in [0.1, 0.15) is 15.9 Å². The number of carbonyl (C=O) groups excluding carboxylic acids is 1. The number of Topliss-reactive ketones (excluding diaryl/α,β-unsaturated/α-hetero) is 1. The molecule has 0 radical (unpaired) electrons. The monoisotopic (exact) mass is 295 g/mol. The molecule has 0 N–H and O–H groups in total. The smallest absolute Gasteiger partial charge is 0.211 e. The number of likely N-dealkylation sites (N-methyl/N-ethyl adjacent to an activating group) is 1. The first kappa shape index (κ1) is 14.2. The number of anilines is 1. The van der Waals surface area contributed by atoms with Crippen LogP contribution in [0.25, 0.3) is 6.08 Å². The molecule has 2 aromatic carbocycles. The molecule has 0 fully saturated rings. The number of hydrogen-bond acceptors (Lipinski definition) is 4. The van der Waals surface area contributed by atoms with E-state index in [4.69, 9.17) is 9.47 Å². The number of allylic oxidation sites excluding steroid dienone is 1. The predicted molar refractivity (Wildman–Crippen MR) is 86.7 cm³/mol. The Morgan fingerprint density at radius 2 is 1.73 bits per heavy atom. The Kier molecular flexibility index (Phi) is 3.59. The van der Waals surface area contributed by atoms with E-state index in [0.717, 1.165) is 16.8 Å². The Bertz CT molecular complexity index is 765. The normalized spacial score (nSPS) is 15.1. The lowest BCUT2D eigenvalue weighted by Gasteiger charge is -2.14. The molecule has 2 aromatic rings. The van der Waals surface area contributed by atoms with Crippen molar-refractivity contribution >= 4 is 17.5 Å². The summed E-state index contributed by atoms with van der Waals surface area (Å²) in [5, 5.41) is 0. The van der Waals surface area contributed by atoms with Crippen LogP contribution in [-0.2, 0) is 0 Å². The number of ether oxygens (including phenoxy) is 2. The molecule has 112 valence electrons. The first-order chi connectivity index (χ1) is 10.7. The number of fused-ring (bicyclic) bond motifs is 1. The zero-order valence-electron chi connectivity index (χ0n) is 12.8. The summed E-state index contributed by atoms with van der Waals surface area (Å²) in [5.74, 6) is 1.34. The molecule has 0 atom stereocenters. The van der Waals surface area contributed by atoms with E-state index < -0.39 is 0 Å². The van der Waals surface area contributed by atoms with Gasteiger partial charge in [-0.2, -0.15) is 0 Å². The van der Waals surface area contributed by atoms with Crippen molar-refractivity contribution in [3.05, 3.63) is 59.3 Å². The Balaban J connectivity index is 2.02. The van der Waals surface area contributed by atoms with Crippen LogP contribution in [0.4, 0.5) is 5.69 Å². The quantitative estimate of drug-likeness (QED) is 0.814. The number of methoxy groups -OCH3 is 2. The third-order valence-corrected chi connectivity index (χ3v) is 3.82. The molecule has 0 spiro atoms. The first-order valence-corrected chi connectivity index (χ1v) is 6.97. The molecule has 4 heteroatoms. The van der Waals surface area contributed by atoms with Crippen LogP contribution in [0.2, 0.25) is 0 Å². The van der Waals surface area contributed by atoms with Crippen LogP contribution in [0.3, 0.4) is 0 Å². The van der Waals surface area contributed by atoms with Crippen LogP contribution in [0.15, 0.2) is 48.2 Å². The summed E-state index contributed by atoms with van der Waals surface area (Å²) in [5.41, 5.74) is 3.20. The molecule has 0 saturated carbocycles. The van der Waals surface area contributed by atoms with E-state index in [1.165, 1.54) is 0 Å². The average Bonchev–Trinajstić information content (AvgIpc) is 2.80. The highest BCUT2D eigenvalue weighted by atomic mass is 16.5. The number of ketones is 1. The Hall–Kier alpha value is -2.75. The van der Waals surface area contributed by atoms with Crippen LogP contribution >= 0.6 is 0 Å². The van der Waals surface area contributed by atoms with Crippen molar-refractivity contribution in [1.29, 1.82) is 0 Å². The van der Waals surface area contributed by atoms with Crippen molar-refractivity contribution in [3.8, 4) is 11.5 Å². The maximum atomic E-state index is 12.5. The van der Waals surface area contributed by atoms with Gasteiger partial charge in [0.1, 0.15) is 0 Å². The van der Waals surface area contributed by atoms with Gasteiger partial charge in [-0.25, -0.2) is 0 Å². The predicted octanol–water partition coefficient (Wildman–Crippen LogP) is 3.38. The second-order valence-corrected chi connectivity index (χ2v) is 5.05. The molecule has 0 saturated heterocycles. The third-order valence-electron chi connectivity index (χ3n) is 3.82. The highest BCUT2D eigenvalue weighted by Gasteiger charge is 2.29. The molecular formula is C18H17NO3. The van der Waals surface area contributed by atoms with Gasteiger partial charge in [-0.15, -0.1) is 0 Å². The van der Waals surface area contributed by atoms with E-state index in [1.54, 1.807) is 14.2 Å². The summed E-state index contributed by atoms with van der Waals surface area (Å²) < 4.78 is 10.5. The minimum Gasteiger partial charge on any atom is -0.493 e. The van der Waals surface area contributed by atoms with Gasteiger partial charge in [-0.05, 0) is 35.9 Å². The summed E-state index contributed by atoms with van der Waals surface area (Å²) >= 11 is 0. The lowest BCUT2D eigenvalue weighted by molar-refractivity contribution is 0.104. The largest absolute Gasteiger partial charge is 0.493 e. The zero-order valence-corrected chi connectivity index (χ0v) is 12.8. The van der Waals surface area contributed by atoms with Crippen molar-refractivity contribution in [2.75, 3.05) is 26.2 Å². The number of rotatable bonds is 3. The highest BCUT2D eigenvalue weighted by molar-refractivity contribution is 6.21. The second-order valence-electron chi connectivity index (χ2n) is 5.05. The van der Waals surface area contributed by atoms with Gasteiger partial charge in [-0.1, -0.05) is 18.2 Å². The molecule has 22 heavy (non-hydrogen) atoms. The lowest BCUT2D eigenvalue weighted by Crippen LogP contribution is -2.13. The topological polar surface area (TPSA) is 38.8 Å². The van der Waals surface area contributed by atoms with Gasteiger partial charge < -0.3 is 14.4 Å². The molecule has 1 aliphatic rings. The van der Waals surface area contributed by atoms with Crippen molar-refractivity contribution in [2.24, 2.45) is 0 Å². The molecule has 1 heterocycles. The van der Waals surface area contributed by atoms with E-state index in [0.29, 0.717) is 17.2 Å². The molecule has 0 amide bonds. The fourth-order valence-electron chi connectivity index (χ4n) is 2.64. The maximum Gasteiger partial charge on any atom is 0.211 e. The fraction of sp³-hybridized carbons (Fsp3) is 0.167. The SMILES string of the molecule is COc1ccc(/C=C2/C(=O)c3ccccc3N2C)cc1OC. The van der Waals surface area contributed by atoms with Crippen LogP contribution in [0.5, 0.6) is 11.5 Å². The molecule has 0 bridgehead atoms. The van der Waals surface area contributed by atoms with E-state index >= 15 is 0 Å². The van der Waals surface area contributed by atoms with E-state index in [1.807, 2.05) is 60.5 Å². The third kappa shape index (κ3) is 2.22. The molecule has 3 rings (SSSR count). The van der Waals surface area contributed by atoms with E-state index in [-0.39, 0.29) is 5.78 Å². The van der Waals surface area contributed by atoms with Crippen molar-refractivity contribution in [1.82, 2.24) is 0 Å². The molecule has 4 nitrogen and oxygen atoms in total. The average molecular weight is 295 g/mol. The number of carbonyl (C=O) groups is 1. The number of nitrogens with zero attached hydrogens (tertiary/aromatic N) is 1. The molecule has 0 aromatic heterocycles. The Morgan fingerprint density at radius 3 is 2.41 bits per heavy atom. The van der Waals surface area contributed by atoms with Crippen molar-refractivity contribution in [3.63, 3.8) is 0 Å². The molecule has 0 unspecified atom stereocenters. The number of para-hydroxylation sites is 1. The number of benzene rings is 2. The molecular weight excluding hydrogens is 278 g/mol. The van der Waals surface area contributed by atoms with Gasteiger partial charge >= 0.3 is 0 Å². The molecule has 1 aliphatic heterocycles. The second kappa shape index (κ2) is 5.56. The summed E-state index contributed by atoms with van der Waals surface area (Å²) in [6.45, 7) is 0. The maximum absolute atomic E-state index is 12.5. The first-order valence-electron chi connectivity index (χ1n) is 6.97. The van der Waals surface area contributed by atoms with Crippen LogP contribution < -0.4 is 14.4 Å². The minimum atomic E-state index is 0.0351. The lowest BCUT2D eigenvalue weighted by atomic mass is 10.1. The molecule has 0 aliphatic carbocycles. The van der Waals surface area contributed by atoms with Crippen molar-refractivity contribution < 1.29 is 14.3 Å². The fourth-order valence-corrected chi connectivity index (χ4v) is 2.64. The van der Waals surface area contributed by atoms with Crippen molar-refractivity contribution in [2.45, 2.75) is 0 Å². The van der Waals surface area contributed by atoms with Gasteiger partial charge in [0.2, 0.25) is 5.78 Å². The van der Waals surface area contributed by atoms with E-state index in [9.17, 15) is 4.79 Å².